The molecule has 0 heterocycles. The summed E-state index contributed by atoms with van der Waals surface area (Å²) in [6, 6.07) is 0. The number of rotatable bonds is 34. The van der Waals surface area contributed by atoms with E-state index in [1.54, 1.807) is 6.08 Å². The van der Waals surface area contributed by atoms with E-state index in [-0.39, 0.29) is 0 Å². The summed E-state index contributed by atoms with van der Waals surface area (Å²) in [7, 11) is 0. The third-order valence-electron chi connectivity index (χ3n) is 8.69. The Hall–Kier alpha value is -2.70. The summed E-state index contributed by atoms with van der Waals surface area (Å²) in [6.07, 6.45) is 66.0. The molecule has 0 aliphatic heterocycles. The lowest BCUT2D eigenvalue weighted by atomic mass is 10.0. The zero-order chi connectivity index (χ0) is 35.6. The second-order valence-corrected chi connectivity index (χ2v) is 13.4. The molecular weight excluding hydrogens is 597 g/mol. The van der Waals surface area contributed by atoms with Crippen molar-refractivity contribution in [3.05, 3.63) is 60.8 Å². The fourth-order valence-corrected chi connectivity index (χ4v) is 5.64. The molecule has 0 unspecified atom stereocenters. The predicted octanol–water partition coefficient (Wildman–Crippen LogP) is 13.1. The highest BCUT2D eigenvalue weighted by Gasteiger charge is 1.95. The van der Waals surface area contributed by atoms with Crippen molar-refractivity contribution < 1.29 is 10.2 Å². The molecule has 0 rings (SSSR count). The maximum atomic E-state index is 10.0. The van der Waals surface area contributed by atoms with Crippen molar-refractivity contribution in [2.75, 3.05) is 0 Å². The Kier molecular flexibility index (Phi) is 39.2. The van der Waals surface area contributed by atoms with Gasteiger partial charge in [-0.25, -0.2) is 0 Å². The van der Waals surface area contributed by atoms with Gasteiger partial charge in [0.2, 0.25) is 0 Å². The van der Waals surface area contributed by atoms with E-state index < -0.39 is 12.2 Å². The van der Waals surface area contributed by atoms with Gasteiger partial charge in [0.25, 0.3) is 0 Å². The van der Waals surface area contributed by atoms with E-state index in [0.29, 0.717) is 0 Å². The normalized spacial score (nSPS) is 13.1. The summed E-state index contributed by atoms with van der Waals surface area (Å²) in [4.78, 5) is 0. The van der Waals surface area contributed by atoms with Gasteiger partial charge >= 0.3 is 0 Å². The minimum Gasteiger partial charge on any atom is -0.377 e. The standard InChI is InChI=1S/C47H74O2/c1-3-5-6-7-8-9-10-11-12-13-14-15-16-17-18-19-20-21-22-23-24-25-26-27-28-29-30-31-35-38-41-44-47(49)45-42-39-36-33-32-34-37-40-43-46(48)4-2/h1-2,6-7,22-23,28-29,40-41,43-44,46-49H,5,8-21,24-27,30-39H2/b7-6-,23-22-,29-28-,43-40+,44-41-/t46-,47-/m1/s1. The lowest BCUT2D eigenvalue weighted by Gasteiger charge is -2.02. The van der Waals surface area contributed by atoms with Gasteiger partial charge in [-0.05, 0) is 108 Å². The Bertz CT molecular complexity index is 986. The van der Waals surface area contributed by atoms with E-state index in [0.717, 1.165) is 64.2 Å². The second kappa shape index (κ2) is 41.5. The fourth-order valence-electron chi connectivity index (χ4n) is 5.64. The van der Waals surface area contributed by atoms with Gasteiger partial charge in [-0.15, -0.1) is 24.7 Å². The summed E-state index contributed by atoms with van der Waals surface area (Å²) in [6.45, 7) is 0. The Morgan fingerprint density at radius 1 is 0.388 bits per heavy atom. The first-order valence-corrected chi connectivity index (χ1v) is 20.2. The molecule has 0 aromatic carbocycles. The van der Waals surface area contributed by atoms with Gasteiger partial charge < -0.3 is 10.2 Å². The molecule has 0 aromatic heterocycles. The minimum atomic E-state index is -0.762. The maximum Gasteiger partial charge on any atom is 0.133 e. The molecule has 2 N–H and O–H groups in total. The lowest BCUT2D eigenvalue weighted by molar-refractivity contribution is 0.280. The monoisotopic (exact) mass is 671 g/mol. The highest BCUT2D eigenvalue weighted by Crippen LogP contribution is 2.14. The first-order chi connectivity index (χ1) is 24.2. The number of terminal acetylenes is 2. The van der Waals surface area contributed by atoms with Crippen LogP contribution in [-0.4, -0.2) is 22.4 Å². The molecule has 0 fully saturated rings. The van der Waals surface area contributed by atoms with E-state index in [1.807, 2.05) is 12.2 Å². The van der Waals surface area contributed by atoms with Crippen molar-refractivity contribution in [2.24, 2.45) is 0 Å². The van der Waals surface area contributed by atoms with Crippen LogP contribution in [0.3, 0.4) is 0 Å². The number of hydrogen-bond acceptors (Lipinski definition) is 2. The van der Waals surface area contributed by atoms with E-state index in [9.17, 15) is 10.2 Å². The molecule has 49 heavy (non-hydrogen) atoms. The van der Waals surface area contributed by atoms with Crippen LogP contribution in [0.4, 0.5) is 0 Å². The molecule has 0 bridgehead atoms. The summed E-state index contributed by atoms with van der Waals surface area (Å²) in [5.41, 5.74) is 0. The number of unbranched alkanes of at least 4 members (excludes halogenated alkanes) is 24. The molecule has 0 radical (unpaired) electrons. The molecule has 274 valence electrons. The van der Waals surface area contributed by atoms with Crippen LogP contribution in [0.5, 0.6) is 0 Å². The number of aliphatic hydroxyl groups is 2. The summed E-state index contributed by atoms with van der Waals surface area (Å²) >= 11 is 0. The molecule has 2 heteroatoms. The van der Waals surface area contributed by atoms with Crippen molar-refractivity contribution in [1.29, 1.82) is 0 Å². The molecule has 0 aliphatic rings. The first kappa shape index (κ1) is 46.3. The van der Waals surface area contributed by atoms with Crippen molar-refractivity contribution >= 4 is 0 Å². The zero-order valence-electron chi connectivity index (χ0n) is 31.5. The topological polar surface area (TPSA) is 40.5 Å². The van der Waals surface area contributed by atoms with E-state index in [2.05, 4.69) is 66.2 Å². The highest BCUT2D eigenvalue weighted by atomic mass is 16.3. The second-order valence-electron chi connectivity index (χ2n) is 13.4. The Labute approximate surface area is 305 Å². The summed E-state index contributed by atoms with van der Waals surface area (Å²) in [5, 5.41) is 19.3. The Balaban J connectivity index is 3.38. The number of aliphatic hydroxyl groups excluding tert-OH is 2. The van der Waals surface area contributed by atoms with Crippen LogP contribution in [0.2, 0.25) is 0 Å². The lowest BCUT2D eigenvalue weighted by Crippen LogP contribution is -1.96. The zero-order valence-corrected chi connectivity index (χ0v) is 31.5. The summed E-state index contributed by atoms with van der Waals surface area (Å²) in [5.74, 6) is 10.9. The van der Waals surface area contributed by atoms with Crippen LogP contribution in [0.1, 0.15) is 186 Å². The minimum absolute atomic E-state index is 0.651. The van der Waals surface area contributed by atoms with Crippen molar-refractivity contribution in [3.8, 4) is 36.5 Å². The molecular formula is C47H74O2. The first-order valence-electron chi connectivity index (χ1n) is 20.2. The van der Waals surface area contributed by atoms with Gasteiger partial charge in [-0.1, -0.05) is 137 Å². The molecule has 0 aliphatic carbocycles. The SMILES string of the molecule is C#CC/C=C\CCCCCCCCCCCCCC/C=C\CCCC/C=C\CCCC/C=C\[C@@H](O)C#CCCCCCC/C=C/[C@H](O)C#C. The Morgan fingerprint density at radius 2 is 0.714 bits per heavy atom. The predicted molar refractivity (Wildman–Crippen MR) is 217 cm³/mol. The van der Waals surface area contributed by atoms with Gasteiger partial charge in [0.1, 0.15) is 12.2 Å². The van der Waals surface area contributed by atoms with Crippen molar-refractivity contribution in [3.63, 3.8) is 0 Å². The van der Waals surface area contributed by atoms with Crippen molar-refractivity contribution in [1.82, 2.24) is 0 Å². The maximum absolute atomic E-state index is 10.0. The molecule has 0 spiro atoms. The van der Waals surface area contributed by atoms with Crippen LogP contribution in [0, 0.1) is 36.5 Å². The quantitative estimate of drug-likeness (QED) is 0.0406. The van der Waals surface area contributed by atoms with E-state index >= 15 is 0 Å². The van der Waals surface area contributed by atoms with Gasteiger partial charge in [-0.2, -0.15) is 0 Å². The molecule has 0 aromatic rings. The average molecular weight is 671 g/mol. The van der Waals surface area contributed by atoms with Gasteiger partial charge in [0, 0.05) is 12.8 Å². The number of allylic oxidation sites excluding steroid dienone is 8. The van der Waals surface area contributed by atoms with Crippen LogP contribution >= 0.6 is 0 Å². The molecule has 0 saturated heterocycles. The van der Waals surface area contributed by atoms with Crippen LogP contribution < -0.4 is 0 Å². The van der Waals surface area contributed by atoms with Crippen LogP contribution in [-0.2, 0) is 0 Å². The molecule has 0 saturated carbocycles. The van der Waals surface area contributed by atoms with Gasteiger partial charge in [0.05, 0.1) is 0 Å². The molecule has 2 nitrogen and oxygen atoms in total. The number of hydrogen-bond donors (Lipinski definition) is 2. The smallest absolute Gasteiger partial charge is 0.133 e. The third kappa shape index (κ3) is 41.4. The fraction of sp³-hybridized carbons (Fsp3) is 0.660. The highest BCUT2D eigenvalue weighted by molar-refractivity contribution is 5.12. The van der Waals surface area contributed by atoms with Crippen LogP contribution in [0.25, 0.3) is 0 Å². The molecule has 0 amide bonds. The van der Waals surface area contributed by atoms with Gasteiger partial charge in [0.15, 0.2) is 0 Å². The molecule has 2 atom stereocenters. The van der Waals surface area contributed by atoms with E-state index in [4.69, 9.17) is 12.8 Å². The summed E-state index contributed by atoms with van der Waals surface area (Å²) < 4.78 is 0. The van der Waals surface area contributed by atoms with Crippen LogP contribution in [0.15, 0.2) is 60.8 Å². The van der Waals surface area contributed by atoms with E-state index in [1.165, 1.54) is 122 Å². The van der Waals surface area contributed by atoms with Gasteiger partial charge in [-0.3, -0.25) is 0 Å². The average Bonchev–Trinajstić information content (AvgIpc) is 3.11. The third-order valence-corrected chi connectivity index (χ3v) is 8.69. The largest absolute Gasteiger partial charge is 0.377 e. The Morgan fingerprint density at radius 3 is 1.12 bits per heavy atom. The van der Waals surface area contributed by atoms with Crippen molar-refractivity contribution in [2.45, 2.75) is 198 Å².